The van der Waals surface area contributed by atoms with Gasteiger partial charge in [0.1, 0.15) is 0 Å². The summed E-state index contributed by atoms with van der Waals surface area (Å²) >= 11 is 0. The van der Waals surface area contributed by atoms with E-state index in [4.69, 9.17) is 0 Å². The largest absolute Gasteiger partial charge is 0.418 e. The van der Waals surface area contributed by atoms with E-state index in [2.05, 4.69) is 185 Å². The van der Waals surface area contributed by atoms with Gasteiger partial charge in [-0.15, -0.1) is 0 Å². The molecule has 1 aromatic heterocycles. The summed E-state index contributed by atoms with van der Waals surface area (Å²) in [4.78, 5) is 0. The van der Waals surface area contributed by atoms with Crippen molar-refractivity contribution in [2.45, 2.75) is 59.6 Å². The number of para-hydroxylation sites is 1. The molecule has 0 bridgehead atoms. The van der Waals surface area contributed by atoms with E-state index in [9.17, 15) is 13.2 Å². The van der Waals surface area contributed by atoms with Gasteiger partial charge < -0.3 is 4.57 Å². The van der Waals surface area contributed by atoms with Crippen LogP contribution in [0.5, 0.6) is 0 Å². The van der Waals surface area contributed by atoms with Crippen molar-refractivity contribution in [1.29, 1.82) is 0 Å². The van der Waals surface area contributed by atoms with Crippen molar-refractivity contribution in [3.63, 3.8) is 0 Å². The molecular weight excluding hydrogens is 828 g/mol. The number of alkyl halides is 3. The number of benzene rings is 9. The summed E-state index contributed by atoms with van der Waals surface area (Å²) in [6.07, 6.45) is -0.964. The topological polar surface area (TPSA) is 4.93 Å². The number of aromatic nitrogens is 1. The molecule has 0 amide bonds. The zero-order valence-corrected chi connectivity index (χ0v) is 38.4. The van der Waals surface area contributed by atoms with Crippen LogP contribution in [0.4, 0.5) is 13.2 Å². The van der Waals surface area contributed by atoms with E-state index < -0.39 is 11.7 Å². The molecular formula is C63H52F3N. The molecule has 0 aliphatic rings. The lowest BCUT2D eigenvalue weighted by molar-refractivity contribution is -0.137. The number of halogens is 3. The molecule has 0 spiro atoms. The fourth-order valence-electron chi connectivity index (χ4n) is 10.2. The second-order valence-electron chi connectivity index (χ2n) is 17.5. The maximum atomic E-state index is 14.9. The summed E-state index contributed by atoms with van der Waals surface area (Å²) < 4.78 is 46.6. The quantitative estimate of drug-likeness (QED) is 0.122. The standard InChI is InChI=1S/C63H52F3N/c1-5-41-19-9-13-23-53(41)49-33-47(34-50(37-49)54-24-14-10-20-42(54)6-2)45-29-31-60-57(39-45)58-40-46(30-32-61(58)67(60)62-28-18-17-27-59(62)63(64,65)66)48-35-51(55-25-15-11-21-43(55)7-3)38-52(36-48)56-26-16-12-22-44(56)8-4/h9-40H,5-8H2,1-4H3. The normalized spacial score (nSPS) is 11.7. The monoisotopic (exact) mass is 879 g/mol. The van der Waals surface area contributed by atoms with Gasteiger partial charge >= 0.3 is 6.18 Å². The average Bonchev–Trinajstić information content (AvgIpc) is 3.70. The predicted octanol–water partition coefficient (Wildman–Crippen LogP) is 18.1. The van der Waals surface area contributed by atoms with Crippen molar-refractivity contribution in [1.82, 2.24) is 4.57 Å². The molecule has 1 nitrogen and oxygen atoms in total. The zero-order valence-electron chi connectivity index (χ0n) is 38.4. The molecule has 0 fully saturated rings. The molecule has 0 atom stereocenters. The van der Waals surface area contributed by atoms with Gasteiger partial charge in [-0.2, -0.15) is 13.2 Å². The number of fused-ring (bicyclic) bond motifs is 3. The summed E-state index contributed by atoms with van der Waals surface area (Å²) in [6, 6.07) is 66.5. The number of hydrogen-bond donors (Lipinski definition) is 0. The highest BCUT2D eigenvalue weighted by Crippen LogP contribution is 2.44. The molecule has 0 saturated carbocycles. The van der Waals surface area contributed by atoms with Gasteiger partial charge in [0.05, 0.1) is 22.3 Å². The number of aryl methyl sites for hydroxylation is 4. The zero-order chi connectivity index (χ0) is 46.2. The van der Waals surface area contributed by atoms with Crippen LogP contribution in [0.3, 0.4) is 0 Å². The van der Waals surface area contributed by atoms with Crippen LogP contribution in [-0.4, -0.2) is 4.57 Å². The van der Waals surface area contributed by atoms with E-state index in [1.54, 1.807) is 16.7 Å². The van der Waals surface area contributed by atoms with Crippen molar-refractivity contribution in [2.24, 2.45) is 0 Å². The van der Waals surface area contributed by atoms with Crippen molar-refractivity contribution in [3.05, 3.63) is 222 Å². The summed E-state index contributed by atoms with van der Waals surface area (Å²) in [5.74, 6) is 0. The third kappa shape index (κ3) is 8.16. The van der Waals surface area contributed by atoms with Gasteiger partial charge in [-0.1, -0.05) is 149 Å². The minimum atomic E-state index is -4.56. The van der Waals surface area contributed by atoms with Gasteiger partial charge in [0, 0.05) is 10.8 Å². The van der Waals surface area contributed by atoms with E-state index in [1.807, 2.05) is 12.1 Å². The summed E-state index contributed by atoms with van der Waals surface area (Å²) in [7, 11) is 0. The SMILES string of the molecule is CCc1ccccc1-c1cc(-c2ccc3c(c2)c2cc(-c4cc(-c5ccccc5CC)cc(-c5ccccc5CC)c4)ccc2n3-c2ccccc2C(F)(F)F)cc(-c2ccccc2CC)c1. The van der Waals surface area contributed by atoms with E-state index in [0.29, 0.717) is 11.0 Å². The highest BCUT2D eigenvalue weighted by molar-refractivity contribution is 6.12. The van der Waals surface area contributed by atoms with Crippen LogP contribution in [0.15, 0.2) is 194 Å². The molecule has 0 unspecified atom stereocenters. The van der Waals surface area contributed by atoms with Gasteiger partial charge in [0.25, 0.3) is 0 Å². The molecule has 67 heavy (non-hydrogen) atoms. The molecule has 10 rings (SSSR count). The first-order chi connectivity index (χ1) is 32.7. The average molecular weight is 880 g/mol. The van der Waals surface area contributed by atoms with Crippen molar-refractivity contribution in [3.8, 4) is 72.4 Å². The third-order valence-electron chi connectivity index (χ3n) is 13.6. The first-order valence-electron chi connectivity index (χ1n) is 23.6. The Balaban J connectivity index is 1.24. The van der Waals surface area contributed by atoms with Crippen LogP contribution in [0.25, 0.3) is 94.3 Å². The van der Waals surface area contributed by atoms with Gasteiger partial charge in [-0.05, 0) is 187 Å². The molecule has 10 aromatic rings. The minimum Gasteiger partial charge on any atom is -0.309 e. The first-order valence-corrected chi connectivity index (χ1v) is 23.6. The van der Waals surface area contributed by atoms with Crippen LogP contribution in [0, 0.1) is 0 Å². The maximum absolute atomic E-state index is 14.9. The Labute approximate surface area is 391 Å². The van der Waals surface area contributed by atoms with Crippen LogP contribution < -0.4 is 0 Å². The molecule has 0 N–H and O–H groups in total. The van der Waals surface area contributed by atoms with E-state index >= 15 is 0 Å². The number of nitrogens with zero attached hydrogens (tertiary/aromatic N) is 1. The molecule has 330 valence electrons. The Morgan fingerprint density at radius 2 is 0.642 bits per heavy atom. The molecule has 9 aromatic carbocycles. The fraction of sp³-hybridized carbons (Fsp3) is 0.143. The summed E-state index contributed by atoms with van der Waals surface area (Å²) in [5.41, 5.74) is 19.3. The Kier molecular flexibility index (Phi) is 11.7. The maximum Gasteiger partial charge on any atom is 0.418 e. The lowest BCUT2D eigenvalue weighted by atomic mass is 9.89. The first kappa shape index (κ1) is 43.5. The second-order valence-corrected chi connectivity index (χ2v) is 17.5. The summed E-state index contributed by atoms with van der Waals surface area (Å²) in [5, 5.41) is 1.76. The molecule has 0 aliphatic carbocycles. The Morgan fingerprint density at radius 3 is 0.985 bits per heavy atom. The molecule has 4 heteroatoms. The smallest absolute Gasteiger partial charge is 0.309 e. The van der Waals surface area contributed by atoms with Crippen molar-refractivity contribution < 1.29 is 13.2 Å². The Morgan fingerprint density at radius 1 is 0.328 bits per heavy atom. The molecule has 0 saturated heterocycles. The summed E-state index contributed by atoms with van der Waals surface area (Å²) in [6.45, 7) is 8.76. The Hall–Kier alpha value is -7.43. The third-order valence-corrected chi connectivity index (χ3v) is 13.6. The van der Waals surface area contributed by atoms with Gasteiger partial charge in [-0.3, -0.25) is 0 Å². The van der Waals surface area contributed by atoms with Crippen LogP contribution in [0.2, 0.25) is 0 Å². The molecule has 0 aliphatic heterocycles. The van der Waals surface area contributed by atoms with E-state index in [-0.39, 0.29) is 5.69 Å². The second kappa shape index (κ2) is 18.1. The van der Waals surface area contributed by atoms with Gasteiger partial charge in [0.2, 0.25) is 0 Å². The van der Waals surface area contributed by atoms with Crippen LogP contribution in [-0.2, 0) is 31.9 Å². The Bertz CT molecular complexity index is 3130. The van der Waals surface area contributed by atoms with Gasteiger partial charge in [0.15, 0.2) is 0 Å². The number of rotatable bonds is 11. The highest BCUT2D eigenvalue weighted by atomic mass is 19.4. The van der Waals surface area contributed by atoms with Crippen molar-refractivity contribution >= 4 is 21.8 Å². The van der Waals surface area contributed by atoms with Crippen LogP contribution in [0.1, 0.15) is 55.5 Å². The molecule has 0 radical (unpaired) electrons. The lowest BCUT2D eigenvalue weighted by Gasteiger charge is -2.17. The predicted molar refractivity (Wildman–Crippen MR) is 276 cm³/mol. The van der Waals surface area contributed by atoms with Gasteiger partial charge in [-0.25, -0.2) is 0 Å². The lowest BCUT2D eigenvalue weighted by Crippen LogP contribution is -2.10. The van der Waals surface area contributed by atoms with Crippen LogP contribution >= 0.6 is 0 Å². The van der Waals surface area contributed by atoms with E-state index in [0.717, 1.165) is 81.0 Å². The number of hydrogen-bond acceptors (Lipinski definition) is 0. The minimum absolute atomic E-state index is 0.101. The molecule has 1 heterocycles. The highest BCUT2D eigenvalue weighted by Gasteiger charge is 2.34. The van der Waals surface area contributed by atoms with Crippen molar-refractivity contribution in [2.75, 3.05) is 0 Å². The fourth-order valence-corrected chi connectivity index (χ4v) is 10.2. The van der Waals surface area contributed by atoms with E-state index in [1.165, 1.54) is 56.6 Å².